The van der Waals surface area contributed by atoms with Crippen LogP contribution in [0.4, 0.5) is 5.69 Å². The molecule has 2 aromatic rings. The van der Waals surface area contributed by atoms with Crippen LogP contribution in [0.5, 0.6) is 0 Å². The van der Waals surface area contributed by atoms with E-state index in [9.17, 15) is 0 Å². The van der Waals surface area contributed by atoms with E-state index in [2.05, 4.69) is 40.9 Å². The molecule has 2 atom stereocenters. The summed E-state index contributed by atoms with van der Waals surface area (Å²) in [4.78, 5) is 0. The van der Waals surface area contributed by atoms with Crippen molar-refractivity contribution in [1.29, 1.82) is 0 Å². The molecule has 1 saturated carbocycles. The Balaban J connectivity index is 1.64. The van der Waals surface area contributed by atoms with Crippen LogP contribution in [0.25, 0.3) is 0 Å². The van der Waals surface area contributed by atoms with Crippen molar-refractivity contribution in [1.82, 2.24) is 0 Å². The molecule has 1 N–H and O–H groups in total. The maximum atomic E-state index is 6.18. The molecule has 1 aromatic carbocycles. The zero-order valence-corrected chi connectivity index (χ0v) is 13.5. The Morgan fingerprint density at radius 3 is 2.84 bits per heavy atom. The number of hydrogen-bond donors (Lipinski definition) is 1. The number of benzene rings is 1. The number of anilines is 1. The molecule has 0 bridgehead atoms. The molecule has 1 heterocycles. The van der Waals surface area contributed by atoms with Crippen LogP contribution in [-0.2, 0) is 6.54 Å². The summed E-state index contributed by atoms with van der Waals surface area (Å²) in [6, 6.07) is 10.1. The van der Waals surface area contributed by atoms with Crippen LogP contribution in [-0.4, -0.2) is 0 Å². The number of halogens is 2. The average molecular weight is 388 g/mol. The maximum Gasteiger partial charge on any atom is 0.123 e. The molecule has 2 unspecified atom stereocenters. The quantitative estimate of drug-likeness (QED) is 0.723. The predicted octanol–water partition coefficient (Wildman–Crippen LogP) is 5.27. The van der Waals surface area contributed by atoms with Crippen LogP contribution in [0.1, 0.15) is 30.8 Å². The molecule has 0 aliphatic heterocycles. The molecule has 0 radical (unpaired) electrons. The highest BCUT2D eigenvalue weighted by molar-refractivity contribution is 14.1. The topological polar surface area (TPSA) is 25.2 Å². The zero-order chi connectivity index (χ0) is 13.4. The van der Waals surface area contributed by atoms with E-state index in [4.69, 9.17) is 16.0 Å². The molecule has 2 nitrogen and oxygen atoms in total. The summed E-state index contributed by atoms with van der Waals surface area (Å²) in [5.41, 5.74) is 0.944. The van der Waals surface area contributed by atoms with Crippen LogP contribution in [0.3, 0.4) is 0 Å². The summed E-state index contributed by atoms with van der Waals surface area (Å²) in [5, 5.41) is 4.06. The van der Waals surface area contributed by atoms with Crippen molar-refractivity contribution in [3.8, 4) is 0 Å². The van der Waals surface area contributed by atoms with E-state index in [1.165, 1.54) is 6.42 Å². The van der Waals surface area contributed by atoms with E-state index < -0.39 is 0 Å². The molecule has 19 heavy (non-hydrogen) atoms. The van der Waals surface area contributed by atoms with Crippen LogP contribution < -0.4 is 5.32 Å². The van der Waals surface area contributed by atoms with Crippen LogP contribution in [0.15, 0.2) is 34.7 Å². The summed E-state index contributed by atoms with van der Waals surface area (Å²) in [7, 11) is 0. The lowest BCUT2D eigenvalue weighted by atomic mass is 10.3. The van der Waals surface area contributed by atoms with Gasteiger partial charge in [-0.05, 0) is 65.3 Å². The highest BCUT2D eigenvalue weighted by atomic mass is 127. The second kappa shape index (κ2) is 5.37. The smallest absolute Gasteiger partial charge is 0.123 e. The lowest BCUT2D eigenvalue weighted by molar-refractivity contribution is 0.468. The van der Waals surface area contributed by atoms with Gasteiger partial charge in [0, 0.05) is 9.49 Å². The Hall–Kier alpha value is -0.680. The van der Waals surface area contributed by atoms with E-state index in [1.807, 2.05) is 24.3 Å². The molecule has 1 aliphatic rings. The second-order valence-electron chi connectivity index (χ2n) is 5.10. The van der Waals surface area contributed by atoms with Crippen molar-refractivity contribution in [2.24, 2.45) is 5.92 Å². The summed E-state index contributed by atoms with van der Waals surface area (Å²) in [6.45, 7) is 2.93. The SMILES string of the molecule is CC1CC1c1ccc(CNc2ccc(I)cc2Cl)o1. The fraction of sp³-hybridized carbons (Fsp3) is 0.333. The number of hydrogen-bond acceptors (Lipinski definition) is 2. The van der Waals surface area contributed by atoms with E-state index in [0.717, 1.165) is 31.7 Å². The lowest BCUT2D eigenvalue weighted by Gasteiger charge is -2.07. The zero-order valence-electron chi connectivity index (χ0n) is 10.6. The molecule has 3 rings (SSSR count). The molecule has 0 saturated heterocycles. The highest BCUT2D eigenvalue weighted by Gasteiger charge is 2.36. The van der Waals surface area contributed by atoms with Gasteiger partial charge in [0.25, 0.3) is 0 Å². The first-order chi connectivity index (χ1) is 9.13. The fourth-order valence-electron chi connectivity index (χ4n) is 2.22. The lowest BCUT2D eigenvalue weighted by Crippen LogP contribution is -1.98. The predicted molar refractivity (Wildman–Crippen MR) is 86.7 cm³/mol. The van der Waals surface area contributed by atoms with Crippen molar-refractivity contribution in [2.45, 2.75) is 25.8 Å². The molecule has 4 heteroatoms. The average Bonchev–Trinajstić information content (AvgIpc) is 2.91. The largest absolute Gasteiger partial charge is 0.464 e. The molecule has 1 aliphatic carbocycles. The normalized spacial score (nSPS) is 21.4. The second-order valence-corrected chi connectivity index (χ2v) is 6.75. The van der Waals surface area contributed by atoms with Crippen molar-refractivity contribution in [3.63, 3.8) is 0 Å². The third-order valence-corrected chi connectivity index (χ3v) is 4.53. The van der Waals surface area contributed by atoms with E-state index in [-0.39, 0.29) is 0 Å². The first-order valence-electron chi connectivity index (χ1n) is 6.41. The van der Waals surface area contributed by atoms with Gasteiger partial charge in [-0.3, -0.25) is 0 Å². The Morgan fingerprint density at radius 1 is 1.37 bits per heavy atom. The van der Waals surface area contributed by atoms with Gasteiger partial charge in [0.15, 0.2) is 0 Å². The van der Waals surface area contributed by atoms with Gasteiger partial charge in [-0.15, -0.1) is 0 Å². The number of nitrogens with one attached hydrogen (secondary N) is 1. The van der Waals surface area contributed by atoms with Gasteiger partial charge in [-0.2, -0.15) is 0 Å². The van der Waals surface area contributed by atoms with Crippen LogP contribution in [0, 0.1) is 9.49 Å². The monoisotopic (exact) mass is 387 g/mol. The standard InChI is InChI=1S/C15H15ClINO/c1-9-6-12(9)15-5-3-11(19-15)8-18-14-4-2-10(17)7-13(14)16/h2-5,7,9,12,18H,6,8H2,1H3. The van der Waals surface area contributed by atoms with Crippen LogP contribution >= 0.6 is 34.2 Å². The third-order valence-electron chi connectivity index (χ3n) is 3.54. The minimum absolute atomic E-state index is 0.635. The Bertz CT molecular complexity index is 596. The fourth-order valence-corrected chi connectivity index (χ4v) is 3.15. The maximum absolute atomic E-state index is 6.18. The van der Waals surface area contributed by atoms with E-state index in [0.29, 0.717) is 12.5 Å². The molecule has 0 amide bonds. The molecule has 100 valence electrons. The van der Waals surface area contributed by atoms with Crippen molar-refractivity contribution >= 4 is 39.9 Å². The Labute approximate surface area is 131 Å². The first-order valence-corrected chi connectivity index (χ1v) is 7.86. The number of furan rings is 1. The summed E-state index contributed by atoms with van der Waals surface area (Å²) < 4.78 is 6.99. The van der Waals surface area contributed by atoms with Crippen molar-refractivity contribution in [2.75, 3.05) is 5.32 Å². The van der Waals surface area contributed by atoms with Gasteiger partial charge < -0.3 is 9.73 Å². The molecular weight excluding hydrogens is 373 g/mol. The third kappa shape index (κ3) is 3.08. The van der Waals surface area contributed by atoms with Gasteiger partial charge in [0.2, 0.25) is 0 Å². The van der Waals surface area contributed by atoms with Crippen LogP contribution in [0.2, 0.25) is 5.02 Å². The molecular formula is C15H15ClINO. The summed E-state index contributed by atoms with van der Waals surface area (Å²) in [5.74, 6) is 3.50. The van der Waals surface area contributed by atoms with Gasteiger partial charge in [-0.25, -0.2) is 0 Å². The molecule has 1 fully saturated rings. The summed E-state index contributed by atoms with van der Waals surface area (Å²) >= 11 is 8.43. The minimum Gasteiger partial charge on any atom is -0.464 e. The van der Waals surface area contributed by atoms with Gasteiger partial charge >= 0.3 is 0 Å². The molecule has 0 spiro atoms. The number of rotatable bonds is 4. The van der Waals surface area contributed by atoms with E-state index in [1.54, 1.807) is 0 Å². The minimum atomic E-state index is 0.635. The highest BCUT2D eigenvalue weighted by Crippen LogP contribution is 2.47. The Kier molecular flexibility index (Phi) is 3.76. The van der Waals surface area contributed by atoms with Gasteiger partial charge in [0.1, 0.15) is 11.5 Å². The van der Waals surface area contributed by atoms with Crippen molar-refractivity contribution in [3.05, 3.63) is 50.4 Å². The molecule has 1 aromatic heterocycles. The summed E-state index contributed by atoms with van der Waals surface area (Å²) in [6.07, 6.45) is 1.25. The van der Waals surface area contributed by atoms with Crippen molar-refractivity contribution < 1.29 is 4.42 Å². The van der Waals surface area contributed by atoms with Gasteiger partial charge in [-0.1, -0.05) is 18.5 Å². The van der Waals surface area contributed by atoms with Gasteiger partial charge in [0.05, 0.1) is 17.3 Å². The van der Waals surface area contributed by atoms with E-state index >= 15 is 0 Å². The first kappa shape index (κ1) is 13.3. The Morgan fingerprint density at radius 2 is 2.16 bits per heavy atom.